The summed E-state index contributed by atoms with van der Waals surface area (Å²) in [5, 5.41) is 11.7. The maximum Gasteiger partial charge on any atom is 0.234 e. The lowest BCUT2D eigenvalue weighted by Gasteiger charge is -2.13. The predicted octanol–water partition coefficient (Wildman–Crippen LogP) is 4.70. The highest BCUT2D eigenvalue weighted by molar-refractivity contribution is 9.10. The molecule has 0 aliphatic rings. The molecule has 2 aromatic carbocycles. The van der Waals surface area contributed by atoms with Gasteiger partial charge < -0.3 is 10.1 Å². The molecule has 10 heteroatoms. The van der Waals surface area contributed by atoms with Crippen LogP contribution >= 0.6 is 27.7 Å². The molecule has 0 aliphatic carbocycles. The Labute approximate surface area is 190 Å². The van der Waals surface area contributed by atoms with E-state index in [1.165, 1.54) is 23.9 Å². The molecule has 0 unspecified atom stereocenters. The molecule has 31 heavy (non-hydrogen) atoms. The summed E-state index contributed by atoms with van der Waals surface area (Å²) in [7, 11) is 1.59. The lowest BCUT2D eigenvalue weighted by molar-refractivity contribution is -0.113. The summed E-state index contributed by atoms with van der Waals surface area (Å²) in [5.74, 6) is 0.383. The van der Waals surface area contributed by atoms with E-state index in [4.69, 9.17) is 4.74 Å². The van der Waals surface area contributed by atoms with Gasteiger partial charge >= 0.3 is 0 Å². The highest BCUT2D eigenvalue weighted by Crippen LogP contribution is 2.31. The summed E-state index contributed by atoms with van der Waals surface area (Å²) < 4.78 is 23.7. The molecular formula is C21H17BrFN5O2S. The summed E-state index contributed by atoms with van der Waals surface area (Å²) in [4.78, 5) is 12.4. The summed E-state index contributed by atoms with van der Waals surface area (Å²) in [6, 6.07) is 15.7. The topological polar surface area (TPSA) is 74.0 Å². The van der Waals surface area contributed by atoms with Gasteiger partial charge in [0.1, 0.15) is 11.6 Å². The Bertz CT molecular complexity index is 1210. The van der Waals surface area contributed by atoms with Crippen molar-refractivity contribution in [3.05, 3.63) is 77.3 Å². The number of benzene rings is 2. The van der Waals surface area contributed by atoms with Crippen LogP contribution < -0.4 is 10.1 Å². The summed E-state index contributed by atoms with van der Waals surface area (Å²) in [6.45, 7) is 0. The van der Waals surface area contributed by atoms with E-state index < -0.39 is 5.82 Å². The van der Waals surface area contributed by atoms with Gasteiger partial charge in [-0.2, -0.15) is 0 Å². The van der Waals surface area contributed by atoms with E-state index in [0.717, 1.165) is 5.56 Å². The fourth-order valence-electron chi connectivity index (χ4n) is 2.93. The van der Waals surface area contributed by atoms with E-state index >= 15 is 0 Å². The van der Waals surface area contributed by atoms with Crippen LogP contribution in [-0.4, -0.2) is 38.3 Å². The molecule has 0 atom stereocenters. The fourth-order valence-corrected chi connectivity index (χ4v) is 3.99. The van der Waals surface area contributed by atoms with Gasteiger partial charge in [0.2, 0.25) is 11.1 Å². The van der Waals surface area contributed by atoms with Crippen LogP contribution in [0.2, 0.25) is 0 Å². The van der Waals surface area contributed by atoms with Crippen LogP contribution in [-0.2, 0) is 4.79 Å². The number of amides is 1. The number of carbonyl (C=O) groups excluding carboxylic acids is 1. The second-order valence-electron chi connectivity index (χ2n) is 6.34. The molecule has 7 nitrogen and oxygen atoms in total. The molecule has 0 saturated heterocycles. The first-order valence-corrected chi connectivity index (χ1v) is 10.9. The zero-order chi connectivity index (χ0) is 21.8. The standard InChI is InChI=1S/C21H17BrFN5O2S/c1-30-18-7-3-2-6-15(18)20-25-26-21(28(20)27-10-4-5-11-27)31-13-19(29)24-17-9-8-14(22)12-16(17)23/h2-12H,13H2,1H3,(H,24,29). The number of aromatic nitrogens is 4. The van der Waals surface area contributed by atoms with Crippen molar-refractivity contribution < 1.29 is 13.9 Å². The van der Waals surface area contributed by atoms with Crippen molar-refractivity contribution in [1.82, 2.24) is 19.5 Å². The monoisotopic (exact) mass is 501 g/mol. The first kappa shape index (κ1) is 21.1. The molecule has 0 aliphatic heterocycles. The molecule has 0 spiro atoms. The second-order valence-corrected chi connectivity index (χ2v) is 8.20. The van der Waals surface area contributed by atoms with Crippen molar-refractivity contribution in [2.75, 3.05) is 18.2 Å². The Hall–Kier alpha value is -3.11. The summed E-state index contributed by atoms with van der Waals surface area (Å²) in [5.41, 5.74) is 0.884. The number of para-hydroxylation sites is 1. The normalized spacial score (nSPS) is 10.8. The van der Waals surface area contributed by atoms with Gasteiger partial charge in [0, 0.05) is 16.9 Å². The number of ether oxygens (including phenoxy) is 1. The Balaban J connectivity index is 1.59. The third-order valence-corrected chi connectivity index (χ3v) is 5.73. The van der Waals surface area contributed by atoms with Crippen LogP contribution in [0, 0.1) is 5.82 Å². The van der Waals surface area contributed by atoms with Crippen molar-refractivity contribution >= 4 is 39.3 Å². The first-order chi connectivity index (χ1) is 15.1. The zero-order valence-corrected chi connectivity index (χ0v) is 18.7. The van der Waals surface area contributed by atoms with E-state index in [2.05, 4.69) is 31.4 Å². The SMILES string of the molecule is COc1ccccc1-c1nnc(SCC(=O)Nc2ccc(Br)cc2F)n1-n1cccc1. The van der Waals surface area contributed by atoms with Gasteiger partial charge in [0.15, 0.2) is 5.82 Å². The molecule has 2 aromatic heterocycles. The number of anilines is 1. The highest BCUT2D eigenvalue weighted by Gasteiger charge is 2.19. The number of methoxy groups -OCH3 is 1. The quantitative estimate of drug-likeness (QED) is 0.371. The van der Waals surface area contributed by atoms with Crippen LogP contribution in [0.4, 0.5) is 10.1 Å². The van der Waals surface area contributed by atoms with Crippen molar-refractivity contribution in [2.24, 2.45) is 0 Å². The van der Waals surface area contributed by atoms with E-state index in [1.54, 1.807) is 17.9 Å². The Kier molecular flexibility index (Phi) is 6.38. The molecular weight excluding hydrogens is 485 g/mol. The molecule has 2 heterocycles. The lowest BCUT2D eigenvalue weighted by atomic mass is 10.2. The minimum Gasteiger partial charge on any atom is -0.496 e. The second kappa shape index (κ2) is 9.36. The van der Waals surface area contributed by atoms with Crippen LogP contribution in [0.25, 0.3) is 11.4 Å². The highest BCUT2D eigenvalue weighted by atomic mass is 79.9. The summed E-state index contributed by atoms with van der Waals surface area (Å²) in [6.07, 6.45) is 3.70. The van der Waals surface area contributed by atoms with Gasteiger partial charge in [0.25, 0.3) is 0 Å². The smallest absolute Gasteiger partial charge is 0.234 e. The van der Waals surface area contributed by atoms with Crippen LogP contribution in [0.3, 0.4) is 0 Å². The molecule has 1 amide bonds. The number of rotatable bonds is 7. The molecule has 1 N–H and O–H groups in total. The van der Waals surface area contributed by atoms with Crippen LogP contribution in [0.1, 0.15) is 0 Å². The number of carbonyl (C=O) groups is 1. The first-order valence-electron chi connectivity index (χ1n) is 9.17. The van der Waals surface area contributed by atoms with Crippen molar-refractivity contribution in [3.63, 3.8) is 0 Å². The minimum absolute atomic E-state index is 0.0286. The van der Waals surface area contributed by atoms with Gasteiger partial charge in [-0.15, -0.1) is 10.2 Å². The van der Waals surface area contributed by atoms with Gasteiger partial charge in [-0.05, 0) is 42.5 Å². The largest absolute Gasteiger partial charge is 0.496 e. The van der Waals surface area contributed by atoms with E-state index in [1.807, 2.05) is 53.5 Å². The lowest BCUT2D eigenvalue weighted by Crippen LogP contribution is -2.16. The molecule has 4 aromatic rings. The third kappa shape index (κ3) is 4.64. The average Bonchev–Trinajstić information content (AvgIpc) is 3.43. The van der Waals surface area contributed by atoms with E-state index in [-0.39, 0.29) is 17.3 Å². The third-order valence-electron chi connectivity index (χ3n) is 4.32. The number of thioether (sulfide) groups is 1. The maximum atomic E-state index is 14.0. The van der Waals surface area contributed by atoms with Gasteiger partial charge in [0.05, 0.1) is 24.1 Å². The minimum atomic E-state index is -0.512. The fraction of sp³-hybridized carbons (Fsp3) is 0.0952. The molecule has 0 fully saturated rings. The maximum absolute atomic E-state index is 14.0. The molecule has 0 bridgehead atoms. The molecule has 4 rings (SSSR count). The summed E-state index contributed by atoms with van der Waals surface area (Å²) >= 11 is 4.39. The van der Waals surface area contributed by atoms with E-state index in [9.17, 15) is 9.18 Å². The molecule has 0 saturated carbocycles. The Morgan fingerprint density at radius 2 is 1.94 bits per heavy atom. The molecule has 0 radical (unpaired) electrons. The number of nitrogens with zero attached hydrogens (tertiary/aromatic N) is 4. The van der Waals surface area contributed by atoms with Gasteiger partial charge in [-0.1, -0.05) is 39.8 Å². The van der Waals surface area contributed by atoms with Gasteiger partial charge in [-0.25, -0.2) is 9.07 Å². The van der Waals surface area contributed by atoms with Crippen LogP contribution in [0.5, 0.6) is 5.75 Å². The number of hydrogen-bond donors (Lipinski definition) is 1. The average molecular weight is 502 g/mol. The van der Waals surface area contributed by atoms with E-state index in [0.29, 0.717) is 21.2 Å². The van der Waals surface area contributed by atoms with Crippen molar-refractivity contribution in [2.45, 2.75) is 5.16 Å². The van der Waals surface area contributed by atoms with Crippen molar-refractivity contribution in [1.29, 1.82) is 0 Å². The Morgan fingerprint density at radius 3 is 2.68 bits per heavy atom. The number of hydrogen-bond acceptors (Lipinski definition) is 5. The van der Waals surface area contributed by atoms with Gasteiger partial charge in [-0.3, -0.25) is 9.47 Å². The Morgan fingerprint density at radius 1 is 1.16 bits per heavy atom. The number of halogens is 2. The van der Waals surface area contributed by atoms with Crippen molar-refractivity contribution in [3.8, 4) is 17.1 Å². The van der Waals surface area contributed by atoms with Crippen LogP contribution in [0.15, 0.2) is 76.6 Å². The zero-order valence-electron chi connectivity index (χ0n) is 16.3. The predicted molar refractivity (Wildman–Crippen MR) is 121 cm³/mol. The molecule has 158 valence electrons. The number of nitrogens with one attached hydrogen (secondary N) is 1.